The molecule has 2 saturated heterocycles. The second kappa shape index (κ2) is 17.8. The van der Waals surface area contributed by atoms with Crippen molar-refractivity contribution in [2.45, 2.75) is 50.7 Å². The van der Waals surface area contributed by atoms with Crippen molar-refractivity contribution in [3.8, 4) is 5.75 Å². The summed E-state index contributed by atoms with van der Waals surface area (Å²) in [4.78, 5) is 4.67. The molecule has 2 heterocycles. The second-order valence-electron chi connectivity index (χ2n) is 13.2. The maximum absolute atomic E-state index is 13.0. The zero-order valence-electron chi connectivity index (χ0n) is 27.1. The van der Waals surface area contributed by atoms with Crippen molar-refractivity contribution >= 4 is 11.6 Å². The van der Waals surface area contributed by atoms with Gasteiger partial charge >= 0.3 is 0 Å². The summed E-state index contributed by atoms with van der Waals surface area (Å²) in [6.07, 6.45) is 5.82. The molecule has 0 aromatic heterocycles. The Morgan fingerprint density at radius 3 is 1.49 bits per heavy atom. The highest BCUT2D eigenvalue weighted by Gasteiger charge is 2.23. The molecule has 3 N–H and O–H groups in total. The van der Waals surface area contributed by atoms with Crippen LogP contribution in [0.15, 0.2) is 103 Å². The van der Waals surface area contributed by atoms with Gasteiger partial charge in [-0.25, -0.2) is 4.39 Å². The summed E-state index contributed by atoms with van der Waals surface area (Å²) in [5.74, 6) is 1.45. The third-order valence-electron chi connectivity index (χ3n) is 9.61. The number of phenols is 1. The lowest BCUT2D eigenvalue weighted by Crippen LogP contribution is -2.37. The highest BCUT2D eigenvalue weighted by molar-refractivity contribution is 6.30. The quantitative estimate of drug-likeness (QED) is 0.162. The third-order valence-corrected chi connectivity index (χ3v) is 9.87. The van der Waals surface area contributed by atoms with Crippen molar-refractivity contribution in [3.05, 3.63) is 136 Å². The SMILES string of the molecule is OC(CN1CCC(Cc2ccc(F)cc2)CC1)c1ccc(Cl)cc1.Oc1ccc(C(O)CN2CCC(Cc3ccccc3)CC2)cc1. The Kier molecular flexibility index (Phi) is 13.3. The lowest BCUT2D eigenvalue weighted by molar-refractivity contribution is 0.0892. The van der Waals surface area contributed by atoms with Crippen molar-refractivity contribution in [2.75, 3.05) is 39.3 Å². The fourth-order valence-corrected chi connectivity index (χ4v) is 6.85. The molecule has 4 aromatic rings. The molecule has 0 saturated carbocycles. The molecule has 2 fully saturated rings. The molecule has 5 nitrogen and oxygen atoms in total. The van der Waals surface area contributed by atoms with Gasteiger partial charge in [-0.05, 0) is 135 Å². The normalized spacial score (nSPS) is 17.9. The van der Waals surface area contributed by atoms with E-state index in [0.29, 0.717) is 24.0 Å². The molecule has 0 spiro atoms. The Morgan fingerprint density at radius 1 is 0.596 bits per heavy atom. The van der Waals surface area contributed by atoms with Crippen LogP contribution >= 0.6 is 11.6 Å². The topological polar surface area (TPSA) is 67.2 Å². The second-order valence-corrected chi connectivity index (χ2v) is 13.6. The predicted octanol–water partition coefficient (Wildman–Crippen LogP) is 7.85. The number of likely N-dealkylation sites (tertiary alicyclic amines) is 2. The summed E-state index contributed by atoms with van der Waals surface area (Å²) in [7, 11) is 0. The number of aliphatic hydroxyl groups is 2. The maximum atomic E-state index is 13.0. The van der Waals surface area contributed by atoms with Crippen LogP contribution in [0.1, 0.15) is 60.1 Å². The Morgan fingerprint density at radius 2 is 1.02 bits per heavy atom. The predicted molar refractivity (Wildman–Crippen MR) is 188 cm³/mol. The molecule has 0 amide bonds. The third kappa shape index (κ3) is 11.4. The van der Waals surface area contributed by atoms with E-state index >= 15 is 0 Å². The van der Waals surface area contributed by atoms with Crippen LogP contribution in [-0.4, -0.2) is 64.4 Å². The average Bonchev–Trinajstić information content (AvgIpc) is 3.09. The Hall–Kier alpha value is -3.26. The van der Waals surface area contributed by atoms with Crippen molar-refractivity contribution in [3.63, 3.8) is 0 Å². The molecule has 2 aliphatic rings. The van der Waals surface area contributed by atoms with E-state index < -0.39 is 12.2 Å². The first-order valence-corrected chi connectivity index (χ1v) is 17.3. The van der Waals surface area contributed by atoms with E-state index in [1.807, 2.05) is 36.4 Å². The number of hydrogen-bond donors (Lipinski definition) is 3. The monoisotopic (exact) mass is 658 g/mol. The van der Waals surface area contributed by atoms with Crippen LogP contribution in [0, 0.1) is 17.7 Å². The van der Waals surface area contributed by atoms with Gasteiger partial charge in [-0.3, -0.25) is 0 Å². The van der Waals surface area contributed by atoms with Crippen LogP contribution in [0.2, 0.25) is 5.02 Å². The van der Waals surface area contributed by atoms with E-state index in [0.717, 1.165) is 68.9 Å². The molecule has 2 atom stereocenters. The van der Waals surface area contributed by atoms with Gasteiger partial charge in [0.2, 0.25) is 0 Å². The number of nitrogens with zero attached hydrogens (tertiary/aromatic N) is 2. The summed E-state index contributed by atoms with van der Waals surface area (Å²) >= 11 is 5.89. The molecule has 7 heteroatoms. The van der Waals surface area contributed by atoms with E-state index in [9.17, 15) is 19.7 Å². The minimum Gasteiger partial charge on any atom is -0.508 e. The van der Waals surface area contributed by atoms with Crippen LogP contribution in [0.3, 0.4) is 0 Å². The summed E-state index contributed by atoms with van der Waals surface area (Å²) in [6.45, 7) is 5.42. The van der Waals surface area contributed by atoms with E-state index in [1.54, 1.807) is 24.3 Å². The van der Waals surface area contributed by atoms with E-state index in [-0.39, 0.29) is 11.6 Å². The highest BCUT2D eigenvalue weighted by Crippen LogP contribution is 2.26. The molecule has 47 heavy (non-hydrogen) atoms. The van der Waals surface area contributed by atoms with Gasteiger partial charge in [-0.2, -0.15) is 0 Å². The number of halogens is 2. The summed E-state index contributed by atoms with van der Waals surface area (Å²) in [6, 6.07) is 31.8. The van der Waals surface area contributed by atoms with E-state index in [1.165, 1.54) is 36.1 Å². The standard InChI is InChI=1S/C20H23ClFNO.C20H25NO2/c21-18-5-3-17(4-6-18)20(24)14-23-11-9-16(10-12-23)13-15-1-7-19(22)8-2-15;22-19-8-6-18(7-9-19)20(23)15-21-12-10-17(11-13-21)14-16-4-2-1-3-5-16/h1-8,16,20,24H,9-14H2;1-9,17,20,22-23H,10-15H2. The molecule has 0 aliphatic carbocycles. The fraction of sp³-hybridized carbons (Fsp3) is 0.400. The van der Waals surface area contributed by atoms with E-state index in [2.05, 4.69) is 40.1 Å². The number of phenolic OH excluding ortho intramolecular Hbond substituents is 1. The lowest BCUT2D eigenvalue weighted by atomic mass is 9.90. The Labute approximate surface area is 284 Å². The lowest BCUT2D eigenvalue weighted by Gasteiger charge is -2.33. The van der Waals surface area contributed by atoms with Gasteiger partial charge in [0.15, 0.2) is 0 Å². The van der Waals surface area contributed by atoms with Gasteiger partial charge in [0, 0.05) is 18.1 Å². The zero-order valence-corrected chi connectivity index (χ0v) is 27.9. The largest absolute Gasteiger partial charge is 0.508 e. The molecule has 2 unspecified atom stereocenters. The first-order valence-electron chi connectivity index (χ1n) is 16.9. The summed E-state index contributed by atoms with van der Waals surface area (Å²) in [5, 5.41) is 30.7. The van der Waals surface area contributed by atoms with Crippen molar-refractivity contribution in [1.82, 2.24) is 9.80 Å². The number of hydrogen-bond acceptors (Lipinski definition) is 5. The van der Waals surface area contributed by atoms with Crippen LogP contribution in [0.5, 0.6) is 5.75 Å². The summed E-state index contributed by atoms with van der Waals surface area (Å²) < 4.78 is 13.0. The van der Waals surface area contributed by atoms with Crippen LogP contribution in [0.4, 0.5) is 4.39 Å². The van der Waals surface area contributed by atoms with Gasteiger partial charge in [0.25, 0.3) is 0 Å². The van der Waals surface area contributed by atoms with Gasteiger partial charge in [-0.15, -0.1) is 0 Å². The minimum absolute atomic E-state index is 0.176. The van der Waals surface area contributed by atoms with Gasteiger partial charge < -0.3 is 25.1 Å². The number of β-amino-alcohol motifs (C(OH)–C–C–N with tert-alkyl or cyclic N) is 2. The molecular weight excluding hydrogens is 611 g/mol. The van der Waals surface area contributed by atoms with Gasteiger partial charge in [0.1, 0.15) is 11.6 Å². The number of rotatable bonds is 10. The number of aromatic hydroxyl groups is 1. The highest BCUT2D eigenvalue weighted by atomic mass is 35.5. The van der Waals surface area contributed by atoms with Crippen molar-refractivity contribution in [1.29, 1.82) is 0 Å². The van der Waals surface area contributed by atoms with Crippen LogP contribution in [0.25, 0.3) is 0 Å². The Balaban J connectivity index is 0.000000185. The first-order chi connectivity index (χ1) is 22.8. The first kappa shape index (κ1) is 35.1. The number of piperidine rings is 2. The molecular formula is C40H48ClFN2O3. The number of aliphatic hydroxyl groups excluding tert-OH is 2. The molecule has 0 radical (unpaired) electrons. The summed E-state index contributed by atoms with van der Waals surface area (Å²) in [5.41, 5.74) is 4.41. The molecule has 250 valence electrons. The van der Waals surface area contributed by atoms with E-state index in [4.69, 9.17) is 11.6 Å². The molecule has 6 rings (SSSR count). The van der Waals surface area contributed by atoms with Crippen LogP contribution < -0.4 is 0 Å². The molecule has 0 bridgehead atoms. The molecule has 4 aromatic carbocycles. The maximum Gasteiger partial charge on any atom is 0.123 e. The van der Waals surface area contributed by atoms with Crippen LogP contribution in [-0.2, 0) is 12.8 Å². The van der Waals surface area contributed by atoms with Crippen molar-refractivity contribution < 1.29 is 19.7 Å². The number of benzene rings is 4. The smallest absolute Gasteiger partial charge is 0.123 e. The Bertz CT molecular complexity index is 1450. The van der Waals surface area contributed by atoms with Crippen molar-refractivity contribution in [2.24, 2.45) is 11.8 Å². The van der Waals surface area contributed by atoms with Gasteiger partial charge in [-0.1, -0.05) is 78.3 Å². The zero-order chi connectivity index (χ0) is 33.0. The van der Waals surface area contributed by atoms with Gasteiger partial charge in [0.05, 0.1) is 12.2 Å². The fourth-order valence-electron chi connectivity index (χ4n) is 6.73. The average molecular weight is 659 g/mol. The minimum atomic E-state index is -0.485. The molecule has 2 aliphatic heterocycles.